The van der Waals surface area contributed by atoms with Crippen molar-refractivity contribution >= 4 is 22.3 Å². The molecular weight excluding hydrogens is 441 g/mol. The molecule has 0 bridgehead atoms. The third-order valence-corrected chi connectivity index (χ3v) is 6.15. The van der Waals surface area contributed by atoms with Gasteiger partial charge in [-0.05, 0) is 60.7 Å². The number of hydrogen-bond acceptors (Lipinski definition) is 5. The lowest BCUT2D eigenvalue weighted by Crippen LogP contribution is -2.16. The summed E-state index contributed by atoms with van der Waals surface area (Å²) >= 11 is 0. The van der Waals surface area contributed by atoms with Crippen LogP contribution in [0.4, 0.5) is 15.9 Å². The highest BCUT2D eigenvalue weighted by atomic mass is 19.1. The molecule has 0 fully saturated rings. The number of nitrogens with two attached hydrogens (primary N) is 1. The van der Waals surface area contributed by atoms with Crippen LogP contribution in [0.25, 0.3) is 22.0 Å². The van der Waals surface area contributed by atoms with Gasteiger partial charge in [-0.25, -0.2) is 14.4 Å². The summed E-state index contributed by atoms with van der Waals surface area (Å²) in [6, 6.07) is 18.2. The second kappa shape index (κ2) is 9.10. The molecule has 2 aromatic heterocycles. The Morgan fingerprint density at radius 3 is 2.77 bits per heavy atom. The molecule has 35 heavy (non-hydrogen) atoms. The normalized spacial score (nSPS) is 12.1. The molecular formula is C28H26FN5O. The maximum Gasteiger partial charge on any atom is 0.170 e. The average molecular weight is 468 g/mol. The van der Waals surface area contributed by atoms with Gasteiger partial charge < -0.3 is 21.1 Å². The second-order valence-corrected chi connectivity index (χ2v) is 8.62. The van der Waals surface area contributed by atoms with Crippen LogP contribution < -0.4 is 11.1 Å². The number of phenolic OH excluding ortho intramolecular Hbond substituents is 1. The van der Waals surface area contributed by atoms with Gasteiger partial charge in [-0.15, -0.1) is 0 Å². The predicted molar refractivity (Wildman–Crippen MR) is 138 cm³/mol. The number of nitrogen functional groups attached to an aromatic ring is 1. The summed E-state index contributed by atoms with van der Waals surface area (Å²) in [5.74, 6) is -0.0788. The lowest BCUT2D eigenvalue weighted by atomic mass is 10.00. The summed E-state index contributed by atoms with van der Waals surface area (Å²) in [6.45, 7) is 3.99. The molecule has 5 rings (SSSR count). The Hall–Kier alpha value is -4.39. The number of benzene rings is 3. The number of pyridine rings is 1. The maximum atomic E-state index is 15.3. The molecule has 0 aliphatic carbocycles. The van der Waals surface area contributed by atoms with Gasteiger partial charge in [0.1, 0.15) is 17.7 Å². The number of imidazole rings is 1. The first-order chi connectivity index (χ1) is 16.9. The first kappa shape index (κ1) is 22.4. The second-order valence-electron chi connectivity index (χ2n) is 8.62. The van der Waals surface area contributed by atoms with E-state index >= 15 is 4.39 Å². The van der Waals surface area contributed by atoms with Crippen molar-refractivity contribution in [2.75, 3.05) is 11.1 Å². The number of H-pyrrole nitrogens is 1. The molecule has 0 radical (unpaired) electrons. The van der Waals surface area contributed by atoms with E-state index in [0.29, 0.717) is 23.6 Å². The fourth-order valence-electron chi connectivity index (χ4n) is 4.29. The smallest absolute Gasteiger partial charge is 0.170 e. The van der Waals surface area contributed by atoms with Crippen LogP contribution >= 0.6 is 0 Å². The Balaban J connectivity index is 1.61. The number of aromatic hydroxyl groups is 1. The van der Waals surface area contributed by atoms with Crippen LogP contribution in [-0.4, -0.2) is 20.1 Å². The van der Waals surface area contributed by atoms with E-state index in [-0.39, 0.29) is 5.75 Å². The van der Waals surface area contributed by atoms with E-state index in [1.54, 1.807) is 12.3 Å². The molecule has 6 nitrogen and oxygen atoms in total. The summed E-state index contributed by atoms with van der Waals surface area (Å²) in [7, 11) is 0. The fourth-order valence-corrected chi connectivity index (χ4v) is 4.29. The maximum absolute atomic E-state index is 15.3. The summed E-state index contributed by atoms with van der Waals surface area (Å²) in [5.41, 5.74) is 10.7. The Kier molecular flexibility index (Phi) is 5.82. The number of hydrogen-bond donors (Lipinski definition) is 4. The van der Waals surface area contributed by atoms with Crippen LogP contribution in [0.15, 0.2) is 73.1 Å². The van der Waals surface area contributed by atoms with E-state index < -0.39 is 11.9 Å². The molecule has 1 unspecified atom stereocenters. The van der Waals surface area contributed by atoms with Crippen molar-refractivity contribution in [3.8, 4) is 17.0 Å². The quantitative estimate of drug-likeness (QED) is 0.241. The van der Waals surface area contributed by atoms with E-state index in [1.807, 2.05) is 68.6 Å². The van der Waals surface area contributed by atoms with Crippen molar-refractivity contribution in [1.82, 2.24) is 15.0 Å². The zero-order valence-electron chi connectivity index (χ0n) is 19.5. The largest absolute Gasteiger partial charge is 0.505 e. The van der Waals surface area contributed by atoms with Crippen molar-refractivity contribution in [3.63, 3.8) is 0 Å². The molecule has 0 aliphatic heterocycles. The number of nitrogens with zero attached hydrogens (tertiary/aromatic N) is 2. The van der Waals surface area contributed by atoms with Crippen molar-refractivity contribution in [2.45, 2.75) is 26.3 Å². The highest BCUT2D eigenvalue weighted by Crippen LogP contribution is 2.34. The first-order valence-electron chi connectivity index (χ1n) is 11.5. The molecule has 0 aliphatic rings. The van der Waals surface area contributed by atoms with Gasteiger partial charge in [0, 0.05) is 34.6 Å². The van der Waals surface area contributed by atoms with Gasteiger partial charge in [-0.3, -0.25) is 0 Å². The molecule has 0 saturated carbocycles. The van der Waals surface area contributed by atoms with Crippen molar-refractivity contribution in [2.24, 2.45) is 0 Å². The molecule has 0 spiro atoms. The van der Waals surface area contributed by atoms with Gasteiger partial charge in [-0.2, -0.15) is 0 Å². The molecule has 7 heteroatoms. The molecule has 2 heterocycles. The summed E-state index contributed by atoms with van der Waals surface area (Å²) in [6.07, 6.45) is 4.12. The zero-order chi connectivity index (χ0) is 24.5. The molecule has 176 valence electrons. The van der Waals surface area contributed by atoms with Crippen molar-refractivity contribution in [3.05, 3.63) is 101 Å². The Morgan fingerprint density at radius 2 is 1.97 bits per heavy atom. The Labute approximate surface area is 202 Å². The first-order valence-corrected chi connectivity index (χ1v) is 11.5. The Morgan fingerprint density at radius 1 is 1.11 bits per heavy atom. The number of phenols is 1. The topological polar surface area (TPSA) is 99.8 Å². The molecule has 1 atom stereocenters. The van der Waals surface area contributed by atoms with Crippen LogP contribution in [0.3, 0.4) is 0 Å². The third-order valence-electron chi connectivity index (χ3n) is 6.15. The van der Waals surface area contributed by atoms with Gasteiger partial charge in [0.05, 0.1) is 5.69 Å². The highest BCUT2D eigenvalue weighted by Gasteiger charge is 2.24. The Bertz CT molecular complexity index is 1530. The van der Waals surface area contributed by atoms with Crippen LogP contribution in [0, 0.1) is 12.7 Å². The van der Waals surface area contributed by atoms with E-state index in [0.717, 1.165) is 38.8 Å². The van der Waals surface area contributed by atoms with Gasteiger partial charge in [-0.1, -0.05) is 36.8 Å². The van der Waals surface area contributed by atoms with Crippen LogP contribution in [0.1, 0.15) is 35.5 Å². The molecule has 5 aromatic rings. The van der Waals surface area contributed by atoms with Gasteiger partial charge in [0.15, 0.2) is 11.6 Å². The lowest BCUT2D eigenvalue weighted by Gasteiger charge is -2.21. The minimum absolute atomic E-state index is 0.307. The van der Waals surface area contributed by atoms with Gasteiger partial charge >= 0.3 is 0 Å². The fraction of sp³-hybridized carbons (Fsp3) is 0.143. The lowest BCUT2D eigenvalue weighted by molar-refractivity contribution is 0.426. The van der Waals surface area contributed by atoms with Gasteiger partial charge in [0.25, 0.3) is 0 Å². The molecule has 0 amide bonds. The standard InChI is InChI=1S/C28H26FN5O/c1-3-17-12-22(25(29)24(35)13-17)26(28-32-15-23(34-28)19-6-4-5-16(2)11-19)33-20-7-8-21-18(14-20)9-10-31-27(21)30/h4-15,26,33,35H,3H2,1-2H3,(H2,30,31)(H,32,34). The molecule has 0 saturated heterocycles. The predicted octanol–water partition coefficient (Wildman–Crippen LogP) is 6.12. The van der Waals surface area contributed by atoms with Crippen LogP contribution in [0.2, 0.25) is 0 Å². The molecule has 5 N–H and O–H groups in total. The van der Waals surface area contributed by atoms with Crippen LogP contribution in [0.5, 0.6) is 5.75 Å². The van der Waals surface area contributed by atoms with E-state index in [1.165, 1.54) is 6.07 Å². The number of anilines is 2. The molecule has 3 aromatic carbocycles. The van der Waals surface area contributed by atoms with Crippen LogP contribution in [-0.2, 0) is 6.42 Å². The number of rotatable bonds is 6. The number of nitrogens with one attached hydrogen (secondary N) is 2. The summed E-state index contributed by atoms with van der Waals surface area (Å²) < 4.78 is 15.3. The minimum Gasteiger partial charge on any atom is -0.505 e. The van der Waals surface area contributed by atoms with E-state index in [4.69, 9.17) is 10.7 Å². The number of aromatic nitrogens is 3. The highest BCUT2D eigenvalue weighted by molar-refractivity contribution is 5.92. The SMILES string of the molecule is CCc1cc(O)c(F)c(C(Nc2ccc3c(N)nccc3c2)c2nc(-c3cccc(C)c3)c[nH]2)c1. The van der Waals surface area contributed by atoms with Crippen molar-refractivity contribution in [1.29, 1.82) is 0 Å². The van der Waals surface area contributed by atoms with E-state index in [2.05, 4.69) is 15.3 Å². The zero-order valence-corrected chi connectivity index (χ0v) is 19.5. The van der Waals surface area contributed by atoms with Crippen molar-refractivity contribution < 1.29 is 9.50 Å². The van der Waals surface area contributed by atoms with E-state index in [9.17, 15) is 5.11 Å². The number of aromatic amines is 1. The monoisotopic (exact) mass is 467 g/mol. The average Bonchev–Trinajstić information content (AvgIpc) is 3.34. The minimum atomic E-state index is -0.678. The summed E-state index contributed by atoms with van der Waals surface area (Å²) in [5, 5.41) is 15.5. The number of halogens is 1. The number of aryl methyl sites for hydroxylation is 2. The summed E-state index contributed by atoms with van der Waals surface area (Å²) in [4.78, 5) is 12.2. The number of fused-ring (bicyclic) bond motifs is 1. The third kappa shape index (κ3) is 4.40. The van der Waals surface area contributed by atoms with Gasteiger partial charge in [0.2, 0.25) is 0 Å².